The Kier molecular flexibility index (Phi) is 9.15. The van der Waals surface area contributed by atoms with E-state index >= 15 is 0 Å². The molecule has 2 atom stereocenters. The predicted molar refractivity (Wildman–Crippen MR) is 147 cm³/mol. The number of nitrogens with zero attached hydrogens (tertiary/aromatic N) is 1. The van der Waals surface area contributed by atoms with Gasteiger partial charge in [0.05, 0.1) is 11.9 Å². The number of carbonyl (C=O) groups is 1. The molecular formula is C29H34BrN3O3. The highest BCUT2D eigenvalue weighted by Crippen LogP contribution is 2.26. The number of carbonyl (C=O) groups excluding carboxylic acids is 1. The van der Waals surface area contributed by atoms with Crippen molar-refractivity contribution >= 4 is 27.5 Å². The van der Waals surface area contributed by atoms with Crippen LogP contribution in [0.1, 0.15) is 42.1 Å². The molecule has 0 aromatic heterocycles. The molecule has 4 rings (SSSR count). The van der Waals surface area contributed by atoms with E-state index in [1.807, 2.05) is 30.3 Å². The Balaban J connectivity index is 1.32. The fourth-order valence-electron chi connectivity index (χ4n) is 4.34. The first-order valence-corrected chi connectivity index (χ1v) is 13.2. The summed E-state index contributed by atoms with van der Waals surface area (Å²) in [5.41, 5.74) is 1.33. The molecule has 3 aromatic carbocycles. The van der Waals surface area contributed by atoms with Gasteiger partial charge in [-0.25, -0.2) is 0 Å². The van der Waals surface area contributed by atoms with Crippen LogP contribution in [-0.4, -0.2) is 47.4 Å². The Morgan fingerprint density at radius 2 is 1.78 bits per heavy atom. The zero-order valence-electron chi connectivity index (χ0n) is 20.6. The summed E-state index contributed by atoms with van der Waals surface area (Å²) in [5.74, 6) is 0.319. The van der Waals surface area contributed by atoms with Crippen LogP contribution in [0.5, 0.6) is 5.75 Å². The lowest BCUT2D eigenvalue weighted by Crippen LogP contribution is -2.53. The number of benzene rings is 3. The van der Waals surface area contributed by atoms with Crippen LogP contribution in [0.2, 0.25) is 0 Å². The topological polar surface area (TPSA) is 73.8 Å². The fourth-order valence-corrected chi connectivity index (χ4v) is 4.60. The summed E-state index contributed by atoms with van der Waals surface area (Å²) in [7, 11) is 0. The molecule has 1 fully saturated rings. The number of para-hydroxylation sites is 2. The molecule has 0 radical (unpaired) electrons. The van der Waals surface area contributed by atoms with E-state index in [1.165, 1.54) is 18.4 Å². The quantitative estimate of drug-likeness (QED) is 0.313. The van der Waals surface area contributed by atoms with E-state index < -0.39 is 5.60 Å². The first-order valence-electron chi connectivity index (χ1n) is 12.4. The summed E-state index contributed by atoms with van der Waals surface area (Å²) in [6, 6.07) is 24.8. The van der Waals surface area contributed by atoms with Crippen molar-refractivity contribution in [3.8, 4) is 5.75 Å². The lowest BCUT2D eigenvalue weighted by atomic mass is 10.0. The van der Waals surface area contributed by atoms with Crippen molar-refractivity contribution in [3.05, 3.63) is 94.5 Å². The van der Waals surface area contributed by atoms with Crippen molar-refractivity contribution in [1.82, 2.24) is 10.2 Å². The second kappa shape index (κ2) is 12.5. The van der Waals surface area contributed by atoms with Crippen LogP contribution in [0.4, 0.5) is 5.69 Å². The van der Waals surface area contributed by atoms with Gasteiger partial charge in [-0.3, -0.25) is 15.0 Å². The first kappa shape index (κ1) is 26.4. The minimum Gasteiger partial charge on any atom is -0.488 e. The molecule has 36 heavy (non-hydrogen) atoms. The number of halogens is 1. The molecule has 2 unspecified atom stereocenters. The molecule has 190 valence electrons. The number of piperidine rings is 1. The van der Waals surface area contributed by atoms with Gasteiger partial charge in [-0.15, -0.1) is 0 Å². The smallest absolute Gasteiger partial charge is 0.255 e. The third-order valence-electron chi connectivity index (χ3n) is 6.34. The van der Waals surface area contributed by atoms with Crippen LogP contribution in [0, 0.1) is 0 Å². The van der Waals surface area contributed by atoms with Gasteiger partial charge in [0.2, 0.25) is 0 Å². The molecule has 0 bridgehead atoms. The van der Waals surface area contributed by atoms with Gasteiger partial charge in [-0.2, -0.15) is 0 Å². The van der Waals surface area contributed by atoms with Gasteiger partial charge in [0, 0.05) is 23.1 Å². The average molecular weight is 553 g/mol. The molecule has 1 heterocycles. The molecule has 6 nitrogen and oxygen atoms in total. The Hall–Kier alpha value is -2.71. The van der Waals surface area contributed by atoms with Gasteiger partial charge < -0.3 is 15.2 Å². The highest BCUT2D eigenvalue weighted by atomic mass is 79.9. The Morgan fingerprint density at radius 1 is 1.06 bits per heavy atom. The van der Waals surface area contributed by atoms with Crippen LogP contribution in [0.25, 0.3) is 0 Å². The average Bonchev–Trinajstić information content (AvgIpc) is 2.89. The minimum atomic E-state index is -1.09. The molecule has 7 heteroatoms. The molecule has 1 amide bonds. The van der Waals surface area contributed by atoms with E-state index in [1.54, 1.807) is 31.2 Å². The predicted octanol–water partition coefficient (Wildman–Crippen LogP) is 5.43. The van der Waals surface area contributed by atoms with E-state index in [-0.39, 0.29) is 18.7 Å². The van der Waals surface area contributed by atoms with Gasteiger partial charge in [-0.05, 0) is 74.7 Å². The van der Waals surface area contributed by atoms with Crippen LogP contribution in [0.15, 0.2) is 83.3 Å². The molecule has 3 N–H and O–H groups in total. The number of ether oxygens (including phenoxy) is 1. The van der Waals surface area contributed by atoms with Crippen molar-refractivity contribution in [1.29, 1.82) is 0 Å². The fraction of sp³-hybridized carbons (Fsp3) is 0.345. The second-order valence-electron chi connectivity index (χ2n) is 9.59. The van der Waals surface area contributed by atoms with E-state index in [0.29, 0.717) is 23.5 Å². The second-order valence-corrected chi connectivity index (χ2v) is 10.5. The van der Waals surface area contributed by atoms with E-state index in [4.69, 9.17) is 4.74 Å². The molecule has 3 aromatic rings. The maximum atomic E-state index is 12.6. The monoisotopic (exact) mass is 551 g/mol. The van der Waals surface area contributed by atoms with Crippen molar-refractivity contribution in [3.63, 3.8) is 0 Å². The number of aliphatic hydroxyl groups is 1. The van der Waals surface area contributed by atoms with Crippen LogP contribution < -0.4 is 15.4 Å². The number of rotatable bonds is 10. The SMILES string of the molecule is CC(O)(CNC1CCCCN1Cc1ccc(Br)cc1)COc1ccccc1NC(=O)c1ccccc1. The molecule has 0 saturated carbocycles. The first-order chi connectivity index (χ1) is 17.4. The van der Waals surface area contributed by atoms with Gasteiger partial charge in [0.25, 0.3) is 5.91 Å². The number of anilines is 1. The Labute approximate surface area is 221 Å². The number of amides is 1. The normalized spacial score (nSPS) is 17.8. The Morgan fingerprint density at radius 3 is 2.56 bits per heavy atom. The van der Waals surface area contributed by atoms with Crippen LogP contribution >= 0.6 is 15.9 Å². The summed E-state index contributed by atoms with van der Waals surface area (Å²) in [6.45, 7) is 4.16. The highest BCUT2D eigenvalue weighted by molar-refractivity contribution is 9.10. The summed E-state index contributed by atoms with van der Waals surface area (Å²) >= 11 is 3.50. The zero-order chi connectivity index (χ0) is 25.4. The molecule has 0 aliphatic carbocycles. The Bertz CT molecular complexity index is 1120. The molecule has 1 saturated heterocycles. The summed E-state index contributed by atoms with van der Waals surface area (Å²) in [4.78, 5) is 15.0. The van der Waals surface area contributed by atoms with Gasteiger partial charge >= 0.3 is 0 Å². The van der Waals surface area contributed by atoms with Gasteiger partial charge in [-0.1, -0.05) is 58.4 Å². The lowest BCUT2D eigenvalue weighted by molar-refractivity contribution is -0.000913. The maximum Gasteiger partial charge on any atom is 0.255 e. The molecular weight excluding hydrogens is 518 g/mol. The van der Waals surface area contributed by atoms with E-state index in [9.17, 15) is 9.90 Å². The van der Waals surface area contributed by atoms with Crippen LogP contribution in [0.3, 0.4) is 0 Å². The standard InChI is InChI=1S/C29H34BrN3O3/c1-29(35,20-31-27-13-7-8-18-33(27)19-22-14-16-24(30)17-15-22)21-36-26-12-6-5-11-25(26)32-28(34)23-9-3-2-4-10-23/h2-6,9-12,14-17,27,31,35H,7-8,13,18-21H2,1H3,(H,32,34). The van der Waals surface area contributed by atoms with Crippen molar-refractivity contribution in [2.24, 2.45) is 0 Å². The number of hydrogen-bond donors (Lipinski definition) is 3. The summed E-state index contributed by atoms with van der Waals surface area (Å²) in [5, 5.41) is 17.5. The zero-order valence-corrected chi connectivity index (χ0v) is 22.2. The molecule has 1 aliphatic heterocycles. The van der Waals surface area contributed by atoms with Crippen molar-refractivity contribution in [2.45, 2.75) is 44.5 Å². The highest BCUT2D eigenvalue weighted by Gasteiger charge is 2.27. The van der Waals surface area contributed by atoms with Crippen molar-refractivity contribution < 1.29 is 14.6 Å². The number of likely N-dealkylation sites (tertiary alicyclic amines) is 1. The van der Waals surface area contributed by atoms with Gasteiger partial charge in [0.1, 0.15) is 18.0 Å². The third kappa shape index (κ3) is 7.64. The van der Waals surface area contributed by atoms with E-state index in [2.05, 4.69) is 55.7 Å². The van der Waals surface area contributed by atoms with E-state index in [0.717, 1.165) is 24.0 Å². The summed E-state index contributed by atoms with van der Waals surface area (Å²) in [6.07, 6.45) is 3.59. The largest absolute Gasteiger partial charge is 0.488 e. The minimum absolute atomic E-state index is 0.0949. The maximum absolute atomic E-state index is 12.6. The number of hydrogen-bond acceptors (Lipinski definition) is 5. The number of nitrogens with one attached hydrogen (secondary N) is 2. The molecule has 1 aliphatic rings. The summed E-state index contributed by atoms with van der Waals surface area (Å²) < 4.78 is 7.07. The third-order valence-corrected chi connectivity index (χ3v) is 6.87. The van der Waals surface area contributed by atoms with Gasteiger partial charge in [0.15, 0.2) is 0 Å². The van der Waals surface area contributed by atoms with Crippen LogP contribution in [-0.2, 0) is 6.54 Å². The lowest BCUT2D eigenvalue weighted by Gasteiger charge is -2.38. The van der Waals surface area contributed by atoms with Crippen molar-refractivity contribution in [2.75, 3.05) is 25.0 Å². The molecule has 0 spiro atoms.